The van der Waals surface area contributed by atoms with E-state index in [1.807, 2.05) is 0 Å². The van der Waals surface area contributed by atoms with Gasteiger partial charge in [0.05, 0.1) is 22.4 Å². The molecule has 0 amide bonds. The molecule has 1 heterocycles. The van der Waals surface area contributed by atoms with Crippen molar-refractivity contribution >= 4 is 49.6 Å². The van der Waals surface area contributed by atoms with E-state index in [1.165, 1.54) is 60.4 Å². The smallest absolute Gasteiger partial charge is 0.0547 e. The molecule has 0 saturated heterocycles. The topological polar surface area (TPSA) is 8.17 Å². The van der Waals surface area contributed by atoms with E-state index >= 15 is 0 Å². The minimum absolute atomic E-state index is 1.08. The first-order chi connectivity index (χ1) is 29.8. The molecule has 60 heavy (non-hydrogen) atoms. The van der Waals surface area contributed by atoms with Gasteiger partial charge in [-0.25, -0.2) is 0 Å². The zero-order valence-electron chi connectivity index (χ0n) is 33.0. The first kappa shape index (κ1) is 35.2. The summed E-state index contributed by atoms with van der Waals surface area (Å²) >= 11 is 0. The van der Waals surface area contributed by atoms with Gasteiger partial charge in [-0.1, -0.05) is 188 Å². The van der Waals surface area contributed by atoms with E-state index in [1.54, 1.807) is 0 Å². The predicted octanol–water partition coefficient (Wildman–Crippen LogP) is 16.1. The van der Waals surface area contributed by atoms with Crippen molar-refractivity contribution in [3.63, 3.8) is 0 Å². The van der Waals surface area contributed by atoms with Crippen LogP contribution in [0, 0.1) is 0 Å². The maximum Gasteiger partial charge on any atom is 0.0547 e. The number of hydrogen-bond donors (Lipinski definition) is 0. The Morgan fingerprint density at radius 1 is 0.300 bits per heavy atom. The number of rotatable bonds is 8. The molecule has 282 valence electrons. The van der Waals surface area contributed by atoms with Gasteiger partial charge in [0.1, 0.15) is 0 Å². The zero-order valence-corrected chi connectivity index (χ0v) is 33.0. The molecule has 0 N–H and O–H groups in total. The predicted molar refractivity (Wildman–Crippen MR) is 255 cm³/mol. The standard InChI is InChI=1S/C58H40N2/c1-4-18-41(19-5-1)42-34-36-48(37-35-42)59(54-31-14-12-28-50(54)43-20-6-2-7-21-43)56-33-17-30-51(44-22-8-3-9-23-44)58(56)47-26-16-27-49(38-47)60-55-32-15-13-29-52(55)53-39-45-24-10-11-25-46(45)40-57(53)60/h1-40H. The molecular formula is C58H40N2. The van der Waals surface area contributed by atoms with Crippen LogP contribution in [0.5, 0.6) is 0 Å². The number of nitrogens with zero attached hydrogens (tertiary/aromatic N) is 2. The molecule has 0 fully saturated rings. The van der Waals surface area contributed by atoms with E-state index in [2.05, 4.69) is 252 Å². The van der Waals surface area contributed by atoms with Crippen molar-refractivity contribution in [1.82, 2.24) is 4.57 Å². The Labute approximate surface area is 350 Å². The number of hydrogen-bond acceptors (Lipinski definition) is 1. The molecule has 0 atom stereocenters. The van der Waals surface area contributed by atoms with E-state index in [-0.39, 0.29) is 0 Å². The van der Waals surface area contributed by atoms with Gasteiger partial charge in [-0.2, -0.15) is 0 Å². The fourth-order valence-corrected chi connectivity index (χ4v) is 8.99. The van der Waals surface area contributed by atoms with Crippen LogP contribution in [0.25, 0.3) is 82.8 Å². The maximum atomic E-state index is 2.46. The molecule has 0 bridgehead atoms. The Morgan fingerprint density at radius 3 is 1.58 bits per heavy atom. The molecule has 10 aromatic carbocycles. The largest absolute Gasteiger partial charge is 0.309 e. The Kier molecular flexibility index (Phi) is 8.87. The van der Waals surface area contributed by atoms with Crippen LogP contribution in [-0.2, 0) is 0 Å². The second kappa shape index (κ2) is 15.1. The third-order valence-electron chi connectivity index (χ3n) is 11.8. The van der Waals surface area contributed by atoms with Crippen LogP contribution in [0.15, 0.2) is 243 Å². The summed E-state index contributed by atoms with van der Waals surface area (Å²) in [5.41, 5.74) is 16.1. The van der Waals surface area contributed by atoms with Crippen molar-refractivity contribution in [3.8, 4) is 50.2 Å². The summed E-state index contributed by atoms with van der Waals surface area (Å²) in [6, 6.07) is 88.0. The zero-order chi connectivity index (χ0) is 39.8. The van der Waals surface area contributed by atoms with Crippen LogP contribution in [0.2, 0.25) is 0 Å². The molecule has 2 heteroatoms. The van der Waals surface area contributed by atoms with E-state index < -0.39 is 0 Å². The van der Waals surface area contributed by atoms with Crippen molar-refractivity contribution < 1.29 is 0 Å². The van der Waals surface area contributed by atoms with Crippen molar-refractivity contribution in [2.24, 2.45) is 0 Å². The van der Waals surface area contributed by atoms with Crippen LogP contribution in [0.3, 0.4) is 0 Å². The molecule has 1 aromatic heterocycles. The lowest BCUT2D eigenvalue weighted by Crippen LogP contribution is -2.13. The molecule has 0 unspecified atom stereocenters. The summed E-state index contributed by atoms with van der Waals surface area (Å²) in [4.78, 5) is 2.46. The molecule has 11 aromatic rings. The number of fused-ring (bicyclic) bond motifs is 4. The average Bonchev–Trinajstić information content (AvgIpc) is 3.65. The maximum absolute atomic E-state index is 2.46. The Balaban J connectivity index is 1.18. The van der Waals surface area contributed by atoms with Gasteiger partial charge in [0.25, 0.3) is 0 Å². The van der Waals surface area contributed by atoms with Gasteiger partial charge in [0.15, 0.2) is 0 Å². The van der Waals surface area contributed by atoms with Crippen molar-refractivity contribution in [3.05, 3.63) is 243 Å². The molecule has 0 aliphatic carbocycles. The highest BCUT2D eigenvalue weighted by Crippen LogP contribution is 2.48. The van der Waals surface area contributed by atoms with Gasteiger partial charge in [-0.15, -0.1) is 0 Å². The van der Waals surface area contributed by atoms with E-state index in [0.29, 0.717) is 0 Å². The lowest BCUT2D eigenvalue weighted by molar-refractivity contribution is 1.18. The lowest BCUT2D eigenvalue weighted by atomic mass is 9.91. The monoisotopic (exact) mass is 764 g/mol. The SMILES string of the molecule is c1ccc(-c2ccc(N(c3ccccc3-c3ccccc3)c3cccc(-c4ccccc4)c3-c3cccc(-n4c5ccccc5c5cc6ccccc6cc54)c3)cc2)cc1. The Hall–Kier alpha value is -7.94. The van der Waals surface area contributed by atoms with Crippen molar-refractivity contribution in [2.75, 3.05) is 4.90 Å². The quantitative estimate of drug-likeness (QED) is 0.150. The van der Waals surface area contributed by atoms with E-state index in [0.717, 1.165) is 39.4 Å². The van der Waals surface area contributed by atoms with Gasteiger partial charge in [-0.05, 0) is 98.8 Å². The van der Waals surface area contributed by atoms with Crippen molar-refractivity contribution in [2.45, 2.75) is 0 Å². The number of anilines is 3. The highest BCUT2D eigenvalue weighted by Gasteiger charge is 2.24. The third kappa shape index (κ3) is 6.23. The van der Waals surface area contributed by atoms with Crippen molar-refractivity contribution in [1.29, 1.82) is 0 Å². The summed E-state index contributed by atoms with van der Waals surface area (Å²) in [5, 5.41) is 4.98. The number of para-hydroxylation sites is 2. The molecule has 0 radical (unpaired) electrons. The fourth-order valence-electron chi connectivity index (χ4n) is 8.99. The summed E-state index contributed by atoms with van der Waals surface area (Å²) in [6.45, 7) is 0. The molecule has 0 spiro atoms. The number of benzene rings is 10. The van der Waals surface area contributed by atoms with Crippen LogP contribution in [0.1, 0.15) is 0 Å². The molecule has 0 aliphatic rings. The van der Waals surface area contributed by atoms with Crippen LogP contribution >= 0.6 is 0 Å². The molecular weight excluding hydrogens is 725 g/mol. The van der Waals surface area contributed by atoms with Crippen LogP contribution in [0.4, 0.5) is 17.1 Å². The second-order valence-corrected chi connectivity index (χ2v) is 15.3. The summed E-state index contributed by atoms with van der Waals surface area (Å²) in [6.07, 6.45) is 0. The summed E-state index contributed by atoms with van der Waals surface area (Å²) in [5.74, 6) is 0. The van der Waals surface area contributed by atoms with Gasteiger partial charge >= 0.3 is 0 Å². The normalized spacial score (nSPS) is 11.3. The molecule has 0 saturated carbocycles. The van der Waals surface area contributed by atoms with Gasteiger partial charge in [0.2, 0.25) is 0 Å². The molecule has 11 rings (SSSR count). The summed E-state index contributed by atoms with van der Waals surface area (Å²) in [7, 11) is 0. The highest BCUT2D eigenvalue weighted by molar-refractivity contribution is 6.13. The van der Waals surface area contributed by atoms with Gasteiger partial charge in [0, 0.05) is 33.3 Å². The van der Waals surface area contributed by atoms with E-state index in [9.17, 15) is 0 Å². The average molecular weight is 765 g/mol. The molecule has 0 aliphatic heterocycles. The first-order valence-corrected chi connectivity index (χ1v) is 20.6. The lowest BCUT2D eigenvalue weighted by Gasteiger charge is -2.31. The Bertz CT molecular complexity index is 3290. The van der Waals surface area contributed by atoms with Gasteiger partial charge in [-0.3, -0.25) is 0 Å². The minimum Gasteiger partial charge on any atom is -0.309 e. The third-order valence-corrected chi connectivity index (χ3v) is 11.8. The van der Waals surface area contributed by atoms with E-state index in [4.69, 9.17) is 0 Å². The summed E-state index contributed by atoms with van der Waals surface area (Å²) < 4.78 is 2.44. The second-order valence-electron chi connectivity index (χ2n) is 15.3. The molecule has 2 nitrogen and oxygen atoms in total. The highest BCUT2D eigenvalue weighted by atomic mass is 15.1. The first-order valence-electron chi connectivity index (χ1n) is 20.6. The van der Waals surface area contributed by atoms with Gasteiger partial charge < -0.3 is 9.47 Å². The fraction of sp³-hybridized carbons (Fsp3) is 0. The van der Waals surface area contributed by atoms with Crippen LogP contribution < -0.4 is 4.90 Å². The minimum atomic E-state index is 1.08. The van der Waals surface area contributed by atoms with Crippen LogP contribution in [-0.4, -0.2) is 4.57 Å². The Morgan fingerprint density at radius 2 is 0.833 bits per heavy atom. The number of aromatic nitrogens is 1.